The topological polar surface area (TPSA) is 196 Å². The summed E-state index contributed by atoms with van der Waals surface area (Å²) in [4.78, 5) is 73.3. The van der Waals surface area contributed by atoms with E-state index in [2.05, 4.69) is 15.5 Å². The fraction of sp³-hybridized carbons (Fsp3) is 0.824. The standard InChI is InChI=1S/C34H59N3O12/c38-29(15-13-11-9-7-5-3-1-2-4-6-8-10-12-14-16-33(42)43)35-19-21-45-23-25-47-27-30(39)36-20-22-46-24-26-48-28-34(44)49-37-31(40)17-18-32(37)41/h1-28H2,(H,35,38)(H,36,39)(H,42,43). The van der Waals surface area contributed by atoms with Crippen LogP contribution in [0.2, 0.25) is 0 Å². The Hall–Kier alpha value is -3.14. The maximum Gasteiger partial charge on any atom is 0.358 e. The molecule has 0 atom stereocenters. The number of rotatable bonds is 34. The van der Waals surface area contributed by atoms with E-state index in [1.807, 2.05) is 0 Å². The first-order valence-corrected chi connectivity index (χ1v) is 17.9. The van der Waals surface area contributed by atoms with Crippen LogP contribution in [0.15, 0.2) is 0 Å². The van der Waals surface area contributed by atoms with Gasteiger partial charge in [-0.05, 0) is 12.8 Å². The second-order valence-corrected chi connectivity index (χ2v) is 11.9. The van der Waals surface area contributed by atoms with E-state index in [1.165, 1.54) is 51.4 Å². The fourth-order valence-corrected chi connectivity index (χ4v) is 4.89. The third-order valence-electron chi connectivity index (χ3n) is 7.58. The number of unbranched alkanes of at least 4 members (excludes halogenated alkanes) is 13. The van der Waals surface area contributed by atoms with Gasteiger partial charge in [0, 0.05) is 38.8 Å². The van der Waals surface area contributed by atoms with Crippen molar-refractivity contribution in [1.82, 2.24) is 15.7 Å². The van der Waals surface area contributed by atoms with Crippen LogP contribution in [0.4, 0.5) is 0 Å². The van der Waals surface area contributed by atoms with Gasteiger partial charge in [-0.25, -0.2) is 4.79 Å². The van der Waals surface area contributed by atoms with Gasteiger partial charge in [-0.1, -0.05) is 77.0 Å². The van der Waals surface area contributed by atoms with Gasteiger partial charge in [-0.15, -0.1) is 5.06 Å². The van der Waals surface area contributed by atoms with Crippen LogP contribution in [0.25, 0.3) is 0 Å². The van der Waals surface area contributed by atoms with E-state index in [-0.39, 0.29) is 64.2 Å². The molecule has 0 aromatic rings. The van der Waals surface area contributed by atoms with Gasteiger partial charge in [0.05, 0.1) is 39.6 Å². The molecule has 3 N–H and O–H groups in total. The van der Waals surface area contributed by atoms with Crippen molar-refractivity contribution < 1.29 is 57.7 Å². The number of carboxylic acid groups (broad SMARTS) is 1. The van der Waals surface area contributed by atoms with E-state index in [9.17, 15) is 28.8 Å². The molecule has 0 aromatic carbocycles. The zero-order valence-electron chi connectivity index (χ0n) is 29.2. The third kappa shape index (κ3) is 27.4. The quantitative estimate of drug-likeness (QED) is 0.0656. The average Bonchev–Trinajstić information content (AvgIpc) is 3.38. The number of hydroxylamine groups is 2. The van der Waals surface area contributed by atoms with Crippen LogP contribution in [0, 0.1) is 0 Å². The average molecular weight is 702 g/mol. The minimum absolute atomic E-state index is 0.0216. The van der Waals surface area contributed by atoms with Crippen LogP contribution in [-0.2, 0) is 52.6 Å². The molecular formula is C34H59N3O12. The van der Waals surface area contributed by atoms with Gasteiger partial charge < -0.3 is 39.5 Å². The Bertz CT molecular complexity index is 933. The summed E-state index contributed by atoms with van der Waals surface area (Å²) < 4.78 is 21.1. The lowest BCUT2D eigenvalue weighted by Gasteiger charge is -2.12. The van der Waals surface area contributed by atoms with Crippen molar-refractivity contribution in [2.45, 2.75) is 116 Å². The van der Waals surface area contributed by atoms with Gasteiger partial charge in [0.15, 0.2) is 0 Å². The van der Waals surface area contributed by atoms with E-state index in [1.54, 1.807) is 0 Å². The largest absolute Gasteiger partial charge is 0.481 e. The van der Waals surface area contributed by atoms with Crippen molar-refractivity contribution in [2.75, 3.05) is 65.9 Å². The lowest BCUT2D eigenvalue weighted by Crippen LogP contribution is -2.33. The maximum atomic E-state index is 12.0. The molecule has 0 saturated carbocycles. The zero-order valence-corrected chi connectivity index (χ0v) is 29.2. The molecule has 0 aromatic heterocycles. The van der Waals surface area contributed by atoms with Crippen LogP contribution in [-0.4, -0.2) is 112 Å². The van der Waals surface area contributed by atoms with Gasteiger partial charge in [0.2, 0.25) is 11.8 Å². The number of carbonyl (C=O) groups is 6. The highest BCUT2D eigenvalue weighted by Gasteiger charge is 2.32. The number of hydrogen-bond donors (Lipinski definition) is 3. The fourth-order valence-electron chi connectivity index (χ4n) is 4.89. The molecular weight excluding hydrogens is 642 g/mol. The molecule has 1 fully saturated rings. The molecule has 1 aliphatic rings. The highest BCUT2D eigenvalue weighted by atomic mass is 16.7. The summed E-state index contributed by atoms with van der Waals surface area (Å²) in [5.41, 5.74) is 0. The van der Waals surface area contributed by atoms with Crippen molar-refractivity contribution in [1.29, 1.82) is 0 Å². The van der Waals surface area contributed by atoms with E-state index < -0.39 is 30.4 Å². The molecule has 0 bridgehead atoms. The Morgan fingerprint density at radius 1 is 0.531 bits per heavy atom. The van der Waals surface area contributed by atoms with Crippen LogP contribution in [0.1, 0.15) is 116 Å². The van der Waals surface area contributed by atoms with Crippen molar-refractivity contribution in [2.24, 2.45) is 0 Å². The van der Waals surface area contributed by atoms with Crippen molar-refractivity contribution in [3.63, 3.8) is 0 Å². The highest BCUT2D eigenvalue weighted by Crippen LogP contribution is 2.14. The lowest BCUT2D eigenvalue weighted by molar-refractivity contribution is -0.200. The number of aliphatic carboxylic acids is 1. The van der Waals surface area contributed by atoms with Gasteiger partial charge in [0.1, 0.15) is 13.2 Å². The van der Waals surface area contributed by atoms with E-state index >= 15 is 0 Å². The third-order valence-corrected chi connectivity index (χ3v) is 7.58. The molecule has 282 valence electrons. The molecule has 15 heteroatoms. The maximum absolute atomic E-state index is 12.0. The Kier molecular flexibility index (Phi) is 27.7. The number of hydrogen-bond acceptors (Lipinski definition) is 11. The number of nitrogens with one attached hydrogen (secondary N) is 2. The smallest absolute Gasteiger partial charge is 0.358 e. The van der Waals surface area contributed by atoms with Crippen molar-refractivity contribution in [3.8, 4) is 0 Å². The normalized spacial score (nSPS) is 12.8. The first kappa shape index (κ1) is 43.9. The minimum atomic E-state index is -0.855. The van der Waals surface area contributed by atoms with Gasteiger partial charge >= 0.3 is 11.9 Å². The number of carboxylic acids is 1. The predicted octanol–water partition coefficient (Wildman–Crippen LogP) is 3.22. The number of carbonyl (C=O) groups excluding carboxylic acids is 5. The van der Waals surface area contributed by atoms with E-state index in [4.69, 9.17) is 24.1 Å². The SMILES string of the molecule is O=C(O)CCCCCCCCCCCCCCCCC(=O)NCCOCCOCC(=O)NCCOCCOCC(=O)ON1C(=O)CCC1=O. The Labute approximate surface area is 290 Å². The first-order chi connectivity index (χ1) is 23.8. The van der Waals surface area contributed by atoms with Crippen LogP contribution >= 0.6 is 0 Å². The minimum Gasteiger partial charge on any atom is -0.481 e. The molecule has 49 heavy (non-hydrogen) atoms. The summed E-state index contributed by atoms with van der Waals surface area (Å²) in [6, 6.07) is 0. The summed E-state index contributed by atoms with van der Waals surface area (Å²) in [6.45, 7) is 1.55. The number of imide groups is 1. The Balaban J connectivity index is 1.75. The summed E-state index contributed by atoms with van der Waals surface area (Å²) in [7, 11) is 0. The molecule has 15 nitrogen and oxygen atoms in total. The van der Waals surface area contributed by atoms with Gasteiger partial charge in [0.25, 0.3) is 11.8 Å². The number of nitrogens with zero attached hydrogens (tertiary/aromatic N) is 1. The highest BCUT2D eigenvalue weighted by molar-refractivity contribution is 6.01. The predicted molar refractivity (Wildman–Crippen MR) is 178 cm³/mol. The first-order valence-electron chi connectivity index (χ1n) is 17.9. The lowest BCUT2D eigenvalue weighted by atomic mass is 10.0. The summed E-state index contributed by atoms with van der Waals surface area (Å²) in [5.74, 6) is -2.93. The van der Waals surface area contributed by atoms with Gasteiger partial charge in [-0.3, -0.25) is 24.0 Å². The van der Waals surface area contributed by atoms with Gasteiger partial charge in [-0.2, -0.15) is 0 Å². The van der Waals surface area contributed by atoms with Crippen LogP contribution in [0.3, 0.4) is 0 Å². The van der Waals surface area contributed by atoms with E-state index in [0.717, 1.165) is 38.5 Å². The molecule has 0 spiro atoms. The van der Waals surface area contributed by atoms with Crippen molar-refractivity contribution in [3.05, 3.63) is 0 Å². The molecule has 1 heterocycles. The molecule has 1 aliphatic heterocycles. The summed E-state index contributed by atoms with van der Waals surface area (Å²) in [6.07, 6.45) is 17.0. The van der Waals surface area contributed by atoms with Crippen LogP contribution in [0.5, 0.6) is 0 Å². The summed E-state index contributed by atoms with van der Waals surface area (Å²) in [5, 5.41) is 14.6. The van der Waals surface area contributed by atoms with E-state index in [0.29, 0.717) is 37.7 Å². The second kappa shape index (κ2) is 30.9. The zero-order chi connectivity index (χ0) is 35.8. The molecule has 0 aliphatic carbocycles. The van der Waals surface area contributed by atoms with Crippen molar-refractivity contribution >= 4 is 35.6 Å². The van der Waals surface area contributed by atoms with Crippen LogP contribution < -0.4 is 10.6 Å². The molecule has 0 unspecified atom stereocenters. The molecule has 1 rings (SSSR count). The molecule has 0 radical (unpaired) electrons. The number of amides is 4. The Morgan fingerprint density at radius 3 is 1.43 bits per heavy atom. The Morgan fingerprint density at radius 2 is 0.939 bits per heavy atom. The second-order valence-electron chi connectivity index (χ2n) is 11.9. The monoisotopic (exact) mass is 701 g/mol. The molecule has 1 saturated heterocycles. The molecule has 4 amide bonds. The summed E-state index contributed by atoms with van der Waals surface area (Å²) >= 11 is 0. The number of ether oxygens (including phenoxy) is 4.